The molecule has 6 heteroatoms. The highest BCUT2D eigenvalue weighted by Crippen LogP contribution is 2.33. The van der Waals surface area contributed by atoms with Gasteiger partial charge in [0.25, 0.3) is 10.0 Å². The predicted octanol–water partition coefficient (Wildman–Crippen LogP) is 3.85. The largest absolute Gasteiger partial charge is 0.253 e. The third-order valence-corrected chi connectivity index (χ3v) is 8.10. The molecule has 0 radical (unpaired) electrons. The summed E-state index contributed by atoms with van der Waals surface area (Å²) in [5.74, 6) is 0. The molecule has 0 aromatic carbocycles. The zero-order valence-electron chi connectivity index (χ0n) is 10.4. The second-order valence-corrected chi connectivity index (χ2v) is 8.41. The average Bonchev–Trinajstić information content (AvgIpc) is 2.78. The number of hydrogen-bond donors (Lipinski definition) is 0. The Hall–Kier alpha value is 0.0900. The number of halogens is 1. The molecule has 1 aliphatic carbocycles. The van der Waals surface area contributed by atoms with Gasteiger partial charge in [-0.3, -0.25) is 0 Å². The van der Waals surface area contributed by atoms with Gasteiger partial charge in [0.1, 0.15) is 4.21 Å². The predicted molar refractivity (Wildman–Crippen MR) is 78.5 cm³/mol. The molecular formula is C12H18BrNO2S2. The zero-order chi connectivity index (χ0) is 13.2. The highest BCUT2D eigenvalue weighted by atomic mass is 79.9. The summed E-state index contributed by atoms with van der Waals surface area (Å²) in [5, 5.41) is 1.81. The maximum atomic E-state index is 12.7. The van der Waals surface area contributed by atoms with Crippen molar-refractivity contribution in [3.63, 3.8) is 0 Å². The molecule has 0 bridgehead atoms. The number of nitrogens with zero attached hydrogens (tertiary/aromatic N) is 1. The fraction of sp³-hybridized carbons (Fsp3) is 0.667. The van der Waals surface area contributed by atoms with E-state index in [1.807, 2.05) is 12.3 Å². The van der Waals surface area contributed by atoms with Crippen molar-refractivity contribution in [1.82, 2.24) is 4.31 Å². The minimum Gasteiger partial charge on any atom is -0.206 e. The minimum atomic E-state index is -3.33. The van der Waals surface area contributed by atoms with Gasteiger partial charge in [0, 0.05) is 17.1 Å². The summed E-state index contributed by atoms with van der Waals surface area (Å²) < 4.78 is 28.1. The van der Waals surface area contributed by atoms with Crippen molar-refractivity contribution in [2.75, 3.05) is 6.54 Å². The van der Waals surface area contributed by atoms with Crippen molar-refractivity contribution in [3.05, 3.63) is 15.9 Å². The molecule has 1 heterocycles. The Morgan fingerprint density at radius 3 is 2.56 bits per heavy atom. The third kappa shape index (κ3) is 2.81. The molecule has 0 N–H and O–H groups in total. The molecule has 3 nitrogen and oxygen atoms in total. The second kappa shape index (κ2) is 6.03. The van der Waals surface area contributed by atoms with Crippen LogP contribution < -0.4 is 0 Å². The summed E-state index contributed by atoms with van der Waals surface area (Å²) in [4.78, 5) is 0. The monoisotopic (exact) mass is 351 g/mol. The molecule has 0 atom stereocenters. The molecule has 1 saturated carbocycles. The Labute approximate surface area is 121 Å². The van der Waals surface area contributed by atoms with Crippen LogP contribution in [0.4, 0.5) is 0 Å². The van der Waals surface area contributed by atoms with E-state index in [9.17, 15) is 8.42 Å². The molecule has 1 aromatic heterocycles. The number of thiophene rings is 1. The summed E-state index contributed by atoms with van der Waals surface area (Å²) in [6.45, 7) is 2.48. The molecule has 1 aliphatic rings. The molecule has 18 heavy (non-hydrogen) atoms. The first-order chi connectivity index (χ1) is 8.57. The Balaban J connectivity index is 2.29. The summed E-state index contributed by atoms with van der Waals surface area (Å²) in [5.41, 5.74) is 0. The SMILES string of the molecule is CCN(C1CCCCC1)S(=O)(=O)c1sccc1Br. The van der Waals surface area contributed by atoms with E-state index in [-0.39, 0.29) is 6.04 Å². The lowest BCUT2D eigenvalue weighted by atomic mass is 9.95. The molecule has 0 amide bonds. The second-order valence-electron chi connectivity index (χ2n) is 4.56. The molecule has 0 unspecified atom stereocenters. The van der Waals surface area contributed by atoms with E-state index in [2.05, 4.69) is 15.9 Å². The standard InChI is InChI=1S/C12H18BrNO2S2/c1-2-14(10-6-4-3-5-7-10)18(15,16)12-11(13)8-9-17-12/h8-10H,2-7H2,1H3. The van der Waals surface area contributed by atoms with Crippen LogP contribution in [-0.4, -0.2) is 25.3 Å². The van der Waals surface area contributed by atoms with Gasteiger partial charge in [-0.15, -0.1) is 11.3 Å². The highest BCUT2D eigenvalue weighted by molar-refractivity contribution is 9.10. The van der Waals surface area contributed by atoms with E-state index < -0.39 is 10.0 Å². The fourth-order valence-corrected chi connectivity index (χ4v) is 6.68. The van der Waals surface area contributed by atoms with Crippen molar-refractivity contribution in [1.29, 1.82) is 0 Å². The van der Waals surface area contributed by atoms with Gasteiger partial charge in [-0.05, 0) is 40.2 Å². The highest BCUT2D eigenvalue weighted by Gasteiger charge is 2.32. The average molecular weight is 352 g/mol. The lowest BCUT2D eigenvalue weighted by molar-refractivity contribution is 0.261. The Morgan fingerprint density at radius 2 is 2.06 bits per heavy atom. The van der Waals surface area contributed by atoms with Gasteiger partial charge in [-0.2, -0.15) is 4.31 Å². The van der Waals surface area contributed by atoms with Crippen LogP contribution in [0.2, 0.25) is 0 Å². The van der Waals surface area contributed by atoms with Gasteiger partial charge in [0.05, 0.1) is 0 Å². The summed E-state index contributed by atoms with van der Waals surface area (Å²) in [6.07, 6.45) is 5.51. The fourth-order valence-electron chi connectivity index (χ4n) is 2.56. The van der Waals surface area contributed by atoms with Crippen LogP contribution in [0.15, 0.2) is 20.1 Å². The summed E-state index contributed by atoms with van der Waals surface area (Å²) >= 11 is 4.62. The minimum absolute atomic E-state index is 0.183. The number of rotatable bonds is 4. The number of sulfonamides is 1. The molecule has 102 valence electrons. The molecule has 0 aliphatic heterocycles. The van der Waals surface area contributed by atoms with E-state index in [4.69, 9.17) is 0 Å². The van der Waals surface area contributed by atoms with Crippen molar-refractivity contribution < 1.29 is 8.42 Å². The molecule has 1 fully saturated rings. The molecule has 1 aromatic rings. The Bertz CT molecular complexity index is 492. The lowest BCUT2D eigenvalue weighted by Gasteiger charge is -2.32. The zero-order valence-corrected chi connectivity index (χ0v) is 13.7. The molecule has 2 rings (SSSR count). The topological polar surface area (TPSA) is 37.4 Å². The lowest BCUT2D eigenvalue weighted by Crippen LogP contribution is -2.41. The summed E-state index contributed by atoms with van der Waals surface area (Å²) in [7, 11) is -3.33. The van der Waals surface area contributed by atoms with Crippen molar-refractivity contribution in [3.8, 4) is 0 Å². The maximum absolute atomic E-state index is 12.7. The first-order valence-electron chi connectivity index (χ1n) is 6.32. The van der Waals surface area contributed by atoms with Crippen LogP contribution >= 0.6 is 27.3 Å². The van der Waals surface area contributed by atoms with Gasteiger partial charge in [-0.1, -0.05) is 26.2 Å². The van der Waals surface area contributed by atoms with Crippen LogP contribution in [0.1, 0.15) is 39.0 Å². The van der Waals surface area contributed by atoms with Crippen LogP contribution in [0.25, 0.3) is 0 Å². The smallest absolute Gasteiger partial charge is 0.206 e. The Kier molecular flexibility index (Phi) is 4.86. The van der Waals surface area contributed by atoms with Gasteiger partial charge in [0.2, 0.25) is 0 Å². The van der Waals surface area contributed by atoms with Gasteiger partial charge >= 0.3 is 0 Å². The van der Waals surface area contributed by atoms with E-state index >= 15 is 0 Å². The normalized spacial score (nSPS) is 18.4. The van der Waals surface area contributed by atoms with E-state index in [0.29, 0.717) is 15.2 Å². The van der Waals surface area contributed by atoms with Crippen LogP contribution in [0, 0.1) is 0 Å². The first-order valence-corrected chi connectivity index (χ1v) is 9.43. The van der Waals surface area contributed by atoms with Crippen molar-refractivity contribution >= 4 is 37.3 Å². The van der Waals surface area contributed by atoms with Gasteiger partial charge < -0.3 is 0 Å². The van der Waals surface area contributed by atoms with Crippen LogP contribution in [0.3, 0.4) is 0 Å². The van der Waals surface area contributed by atoms with E-state index in [1.165, 1.54) is 17.8 Å². The van der Waals surface area contributed by atoms with Crippen LogP contribution in [-0.2, 0) is 10.0 Å². The Morgan fingerprint density at radius 1 is 1.39 bits per heavy atom. The van der Waals surface area contributed by atoms with Crippen LogP contribution in [0.5, 0.6) is 0 Å². The molecular weight excluding hydrogens is 334 g/mol. The molecule has 0 saturated heterocycles. The third-order valence-electron chi connectivity index (χ3n) is 3.42. The van der Waals surface area contributed by atoms with Gasteiger partial charge in [0.15, 0.2) is 0 Å². The van der Waals surface area contributed by atoms with Crippen molar-refractivity contribution in [2.24, 2.45) is 0 Å². The van der Waals surface area contributed by atoms with Gasteiger partial charge in [-0.25, -0.2) is 8.42 Å². The number of hydrogen-bond acceptors (Lipinski definition) is 3. The summed E-state index contributed by atoms with van der Waals surface area (Å²) in [6, 6.07) is 1.98. The quantitative estimate of drug-likeness (QED) is 0.825. The maximum Gasteiger partial charge on any atom is 0.253 e. The van der Waals surface area contributed by atoms with Crippen molar-refractivity contribution in [2.45, 2.75) is 49.3 Å². The first kappa shape index (κ1) is 14.5. The molecule has 0 spiro atoms. The van der Waals surface area contributed by atoms with E-state index in [1.54, 1.807) is 10.4 Å². The van der Waals surface area contributed by atoms with E-state index in [0.717, 1.165) is 25.7 Å².